The maximum Gasteiger partial charge on any atom is 0.293 e. The molecular weight excluding hydrogens is 236 g/mol. The molecule has 1 unspecified atom stereocenters. The molecule has 0 saturated heterocycles. The maximum absolute atomic E-state index is 10.9. The molecule has 6 heteroatoms. The number of anilines is 1. The molecule has 1 N–H and O–H groups in total. The number of hydrogen-bond acceptors (Lipinski definition) is 5. The molecule has 18 heavy (non-hydrogen) atoms. The number of nitrogens with zero attached hydrogens (tertiary/aromatic N) is 2. The van der Waals surface area contributed by atoms with Gasteiger partial charge in [-0.2, -0.15) is 0 Å². The Morgan fingerprint density at radius 2 is 2.22 bits per heavy atom. The number of carbonyl (C=O) groups excluding carboxylic acids is 1. The second-order valence-electron chi connectivity index (χ2n) is 4.18. The van der Waals surface area contributed by atoms with Crippen molar-refractivity contribution >= 4 is 17.7 Å². The van der Waals surface area contributed by atoms with E-state index in [4.69, 9.17) is 0 Å². The van der Waals surface area contributed by atoms with Crippen LogP contribution in [0.15, 0.2) is 18.2 Å². The number of nitro groups is 1. The van der Waals surface area contributed by atoms with Crippen LogP contribution in [0, 0.1) is 10.1 Å². The molecule has 1 rings (SSSR count). The molecule has 0 radical (unpaired) electrons. The van der Waals surface area contributed by atoms with Gasteiger partial charge in [-0.1, -0.05) is 0 Å². The van der Waals surface area contributed by atoms with Gasteiger partial charge in [-0.15, -0.1) is 0 Å². The van der Waals surface area contributed by atoms with Crippen LogP contribution in [0.5, 0.6) is 0 Å². The molecule has 0 heterocycles. The third-order valence-electron chi connectivity index (χ3n) is 2.63. The van der Waals surface area contributed by atoms with Gasteiger partial charge in [0.1, 0.15) is 12.0 Å². The Morgan fingerprint density at radius 1 is 1.56 bits per heavy atom. The normalized spacial score (nSPS) is 11.9. The minimum absolute atomic E-state index is 0.104. The van der Waals surface area contributed by atoms with Gasteiger partial charge in [-0.05, 0) is 25.5 Å². The van der Waals surface area contributed by atoms with E-state index in [1.165, 1.54) is 12.1 Å². The topological polar surface area (TPSA) is 83.7 Å². The van der Waals surface area contributed by atoms with Gasteiger partial charge >= 0.3 is 0 Å². The highest BCUT2D eigenvalue weighted by molar-refractivity contribution is 5.79. The van der Waals surface area contributed by atoms with Crippen molar-refractivity contribution in [3.8, 4) is 0 Å². The van der Waals surface area contributed by atoms with Gasteiger partial charge < -0.3 is 10.0 Å². The quantitative estimate of drug-likeness (QED) is 0.472. The first-order valence-corrected chi connectivity index (χ1v) is 5.58. The van der Waals surface area contributed by atoms with Crippen molar-refractivity contribution in [2.45, 2.75) is 19.4 Å². The van der Waals surface area contributed by atoms with Crippen molar-refractivity contribution in [2.24, 2.45) is 0 Å². The number of benzene rings is 1. The number of aldehydes is 1. The van der Waals surface area contributed by atoms with E-state index in [2.05, 4.69) is 0 Å². The molecule has 0 aromatic heterocycles. The van der Waals surface area contributed by atoms with Crippen LogP contribution in [0.2, 0.25) is 0 Å². The number of nitro benzene ring substituents is 1. The van der Waals surface area contributed by atoms with Crippen LogP contribution in [0.3, 0.4) is 0 Å². The summed E-state index contributed by atoms with van der Waals surface area (Å²) in [5, 5.41) is 20.1. The van der Waals surface area contributed by atoms with Crippen molar-refractivity contribution in [3.63, 3.8) is 0 Å². The van der Waals surface area contributed by atoms with Gasteiger partial charge in [-0.3, -0.25) is 14.9 Å². The van der Waals surface area contributed by atoms with Crippen LogP contribution < -0.4 is 4.90 Å². The second kappa shape index (κ2) is 6.11. The van der Waals surface area contributed by atoms with Crippen LogP contribution >= 0.6 is 0 Å². The van der Waals surface area contributed by atoms with Gasteiger partial charge in [0, 0.05) is 25.2 Å². The van der Waals surface area contributed by atoms with Crippen molar-refractivity contribution in [3.05, 3.63) is 33.9 Å². The van der Waals surface area contributed by atoms with E-state index < -0.39 is 11.0 Å². The summed E-state index contributed by atoms with van der Waals surface area (Å²) in [4.78, 5) is 22.7. The van der Waals surface area contributed by atoms with E-state index in [0.717, 1.165) is 0 Å². The molecule has 0 amide bonds. The highest BCUT2D eigenvalue weighted by Crippen LogP contribution is 2.28. The Hall–Kier alpha value is -1.95. The summed E-state index contributed by atoms with van der Waals surface area (Å²) in [6.07, 6.45) is 0.635. The van der Waals surface area contributed by atoms with Gasteiger partial charge in [0.2, 0.25) is 0 Å². The molecule has 0 aliphatic rings. The third-order valence-corrected chi connectivity index (χ3v) is 2.63. The Labute approximate surface area is 105 Å². The predicted molar refractivity (Wildman–Crippen MR) is 68.1 cm³/mol. The summed E-state index contributed by atoms with van der Waals surface area (Å²) >= 11 is 0. The van der Waals surface area contributed by atoms with Gasteiger partial charge in [-0.25, -0.2) is 0 Å². The standard InChI is InChI=1S/C12H16N2O4/c1-9(16)5-6-13(2)11-4-3-10(8-15)7-12(11)14(17)18/h3-4,7-9,16H,5-6H2,1-2H3. The molecule has 0 aliphatic heterocycles. The molecule has 1 atom stereocenters. The summed E-state index contributed by atoms with van der Waals surface area (Å²) in [7, 11) is 1.71. The van der Waals surface area contributed by atoms with E-state index in [9.17, 15) is 20.0 Å². The third kappa shape index (κ3) is 3.53. The fourth-order valence-corrected chi connectivity index (χ4v) is 1.58. The average molecular weight is 252 g/mol. The Balaban J connectivity index is 2.99. The minimum atomic E-state index is -0.513. The molecule has 1 aromatic rings. The summed E-state index contributed by atoms with van der Waals surface area (Å²) < 4.78 is 0. The second-order valence-corrected chi connectivity index (χ2v) is 4.18. The van der Waals surface area contributed by atoms with Crippen LogP contribution in [0.4, 0.5) is 11.4 Å². The van der Waals surface area contributed by atoms with Crippen LogP contribution in [-0.4, -0.2) is 36.0 Å². The summed E-state index contributed by atoms with van der Waals surface area (Å²) in [6.45, 7) is 2.16. The average Bonchev–Trinajstić information content (AvgIpc) is 2.34. The fourth-order valence-electron chi connectivity index (χ4n) is 1.58. The molecule has 98 valence electrons. The van der Waals surface area contributed by atoms with Gasteiger partial charge in [0.05, 0.1) is 11.0 Å². The largest absolute Gasteiger partial charge is 0.393 e. The zero-order valence-electron chi connectivity index (χ0n) is 10.4. The highest BCUT2D eigenvalue weighted by Gasteiger charge is 2.17. The van der Waals surface area contributed by atoms with Gasteiger partial charge in [0.15, 0.2) is 0 Å². The summed E-state index contributed by atoms with van der Waals surface area (Å²) in [5.41, 5.74) is 0.605. The Morgan fingerprint density at radius 3 is 2.72 bits per heavy atom. The van der Waals surface area contributed by atoms with Crippen LogP contribution in [0.1, 0.15) is 23.7 Å². The van der Waals surface area contributed by atoms with E-state index in [1.54, 1.807) is 24.9 Å². The molecule has 6 nitrogen and oxygen atoms in total. The smallest absolute Gasteiger partial charge is 0.293 e. The summed E-state index contributed by atoms with van der Waals surface area (Å²) in [6, 6.07) is 4.33. The lowest BCUT2D eigenvalue weighted by Crippen LogP contribution is -2.22. The zero-order valence-corrected chi connectivity index (χ0v) is 10.4. The van der Waals surface area contributed by atoms with E-state index >= 15 is 0 Å². The first-order valence-electron chi connectivity index (χ1n) is 5.58. The molecule has 0 aliphatic carbocycles. The lowest BCUT2D eigenvalue weighted by atomic mass is 10.1. The highest BCUT2D eigenvalue weighted by atomic mass is 16.6. The van der Waals surface area contributed by atoms with Crippen LogP contribution in [0.25, 0.3) is 0 Å². The van der Waals surface area contributed by atoms with E-state index in [0.29, 0.717) is 24.9 Å². The zero-order chi connectivity index (χ0) is 13.7. The predicted octanol–water partition coefficient (Wildman–Crippen LogP) is 1.61. The number of aliphatic hydroxyl groups is 1. The van der Waals surface area contributed by atoms with E-state index in [-0.39, 0.29) is 11.3 Å². The van der Waals surface area contributed by atoms with Crippen molar-refractivity contribution in [1.29, 1.82) is 0 Å². The lowest BCUT2D eigenvalue weighted by Gasteiger charge is -2.20. The van der Waals surface area contributed by atoms with Crippen molar-refractivity contribution in [2.75, 3.05) is 18.5 Å². The Kier molecular flexibility index (Phi) is 4.79. The first-order chi connectivity index (χ1) is 8.45. The number of aliphatic hydroxyl groups excluding tert-OH is 1. The van der Waals surface area contributed by atoms with Gasteiger partial charge in [0.25, 0.3) is 5.69 Å². The van der Waals surface area contributed by atoms with Crippen LogP contribution in [-0.2, 0) is 0 Å². The SMILES string of the molecule is CC(O)CCN(C)c1ccc(C=O)cc1[N+](=O)[O-]. The Bertz CT molecular complexity index is 446. The lowest BCUT2D eigenvalue weighted by molar-refractivity contribution is -0.384. The molecule has 0 fully saturated rings. The fraction of sp³-hybridized carbons (Fsp3) is 0.417. The maximum atomic E-state index is 10.9. The minimum Gasteiger partial charge on any atom is -0.393 e. The molecule has 0 bridgehead atoms. The number of rotatable bonds is 6. The number of carbonyl (C=O) groups is 1. The molecule has 1 aromatic carbocycles. The molecule has 0 spiro atoms. The monoisotopic (exact) mass is 252 g/mol. The number of hydrogen-bond donors (Lipinski definition) is 1. The molecular formula is C12H16N2O4. The van der Waals surface area contributed by atoms with Crippen molar-refractivity contribution < 1.29 is 14.8 Å². The van der Waals surface area contributed by atoms with Crippen molar-refractivity contribution in [1.82, 2.24) is 0 Å². The first kappa shape index (κ1) is 14.1. The van der Waals surface area contributed by atoms with E-state index in [1.807, 2.05) is 0 Å². The molecule has 0 saturated carbocycles. The summed E-state index contributed by atoms with van der Waals surface area (Å²) in [5.74, 6) is 0.